The SMILES string of the molecule is CC1CCC2C(CCC3C2CCC2(C)C3CC(C)C2C(=O)Cn2cc(C(F)(F)F)cn2)C1. The zero-order valence-electron chi connectivity index (χ0n) is 19.6. The predicted octanol–water partition coefficient (Wildman–Crippen LogP) is 6.62. The van der Waals surface area contributed by atoms with E-state index in [1.165, 1.54) is 43.2 Å². The Morgan fingerprint density at radius 2 is 1.84 bits per heavy atom. The van der Waals surface area contributed by atoms with Gasteiger partial charge in [0.2, 0.25) is 0 Å². The van der Waals surface area contributed by atoms with Gasteiger partial charge in [0.15, 0.2) is 5.78 Å². The number of aromatic nitrogens is 2. The van der Waals surface area contributed by atoms with Gasteiger partial charge < -0.3 is 0 Å². The molecule has 0 aromatic carbocycles. The van der Waals surface area contributed by atoms with E-state index in [0.29, 0.717) is 5.92 Å². The third-order valence-corrected chi connectivity index (χ3v) is 10.2. The van der Waals surface area contributed by atoms with Crippen LogP contribution in [0.1, 0.15) is 77.7 Å². The van der Waals surface area contributed by atoms with Crippen molar-refractivity contribution < 1.29 is 18.0 Å². The monoisotopic (exact) mass is 450 g/mol. The molecule has 0 aliphatic heterocycles. The van der Waals surface area contributed by atoms with E-state index in [0.717, 1.165) is 54.8 Å². The first kappa shape index (κ1) is 22.5. The second kappa shape index (κ2) is 7.87. The number of alkyl halides is 3. The van der Waals surface area contributed by atoms with Gasteiger partial charge in [0.25, 0.3) is 0 Å². The molecule has 0 bridgehead atoms. The summed E-state index contributed by atoms with van der Waals surface area (Å²) in [6.45, 7) is 6.87. The predicted molar refractivity (Wildman–Crippen MR) is 117 cm³/mol. The van der Waals surface area contributed by atoms with Gasteiger partial charge in [0, 0.05) is 12.1 Å². The molecule has 3 nitrogen and oxygen atoms in total. The normalized spacial score (nSPS) is 43.9. The molecule has 32 heavy (non-hydrogen) atoms. The van der Waals surface area contributed by atoms with E-state index < -0.39 is 11.7 Å². The van der Waals surface area contributed by atoms with Crippen LogP contribution in [0, 0.1) is 52.8 Å². The Labute approximate surface area is 189 Å². The number of ketones is 1. The fourth-order valence-electron chi connectivity index (χ4n) is 8.99. The first-order valence-electron chi connectivity index (χ1n) is 12.7. The summed E-state index contributed by atoms with van der Waals surface area (Å²) in [5.41, 5.74) is -0.806. The fourth-order valence-corrected chi connectivity index (χ4v) is 8.99. The lowest BCUT2D eigenvalue weighted by Gasteiger charge is -2.56. The van der Waals surface area contributed by atoms with Crippen LogP contribution in [0.4, 0.5) is 13.2 Å². The van der Waals surface area contributed by atoms with Gasteiger partial charge in [-0.3, -0.25) is 9.48 Å². The van der Waals surface area contributed by atoms with Gasteiger partial charge in [-0.05, 0) is 91.8 Å². The van der Waals surface area contributed by atoms with E-state index in [9.17, 15) is 18.0 Å². The first-order valence-corrected chi connectivity index (χ1v) is 12.7. The topological polar surface area (TPSA) is 34.9 Å². The molecule has 4 aliphatic rings. The van der Waals surface area contributed by atoms with E-state index in [1.807, 2.05) is 0 Å². The van der Waals surface area contributed by atoms with Crippen LogP contribution in [0.25, 0.3) is 0 Å². The average Bonchev–Trinajstić information content (AvgIpc) is 3.28. The van der Waals surface area contributed by atoms with Gasteiger partial charge >= 0.3 is 6.18 Å². The summed E-state index contributed by atoms with van der Waals surface area (Å²) < 4.78 is 40.0. The lowest BCUT2D eigenvalue weighted by Crippen LogP contribution is -2.49. The van der Waals surface area contributed by atoms with Crippen LogP contribution in [-0.2, 0) is 17.5 Å². The highest BCUT2D eigenvalue weighted by Crippen LogP contribution is 2.65. The summed E-state index contributed by atoms with van der Waals surface area (Å²) in [6, 6.07) is 0. The van der Waals surface area contributed by atoms with Crippen LogP contribution < -0.4 is 0 Å². The molecule has 0 amide bonds. The summed E-state index contributed by atoms with van der Waals surface area (Å²) in [6.07, 6.45) is 7.59. The van der Waals surface area contributed by atoms with Gasteiger partial charge in [-0.25, -0.2) is 0 Å². The maximum atomic E-state index is 13.4. The number of Topliss-reactive ketones (excluding diaryl/α,β-unsaturated/α-hetero) is 1. The molecule has 4 saturated carbocycles. The van der Waals surface area contributed by atoms with E-state index >= 15 is 0 Å². The number of hydrogen-bond acceptors (Lipinski definition) is 2. The lowest BCUT2D eigenvalue weighted by molar-refractivity contribution is -0.138. The van der Waals surface area contributed by atoms with E-state index in [1.54, 1.807) is 0 Å². The maximum absolute atomic E-state index is 13.4. The molecular formula is C26H37F3N2O. The van der Waals surface area contributed by atoms with Gasteiger partial charge in [0.05, 0.1) is 18.3 Å². The number of fused-ring (bicyclic) bond motifs is 5. The van der Waals surface area contributed by atoms with Crippen LogP contribution >= 0.6 is 0 Å². The zero-order chi connectivity index (χ0) is 22.8. The molecule has 1 aromatic rings. The van der Waals surface area contributed by atoms with Crippen LogP contribution in [0.3, 0.4) is 0 Å². The molecule has 0 saturated heterocycles. The molecule has 4 aliphatic carbocycles. The molecule has 0 radical (unpaired) electrons. The molecule has 9 atom stereocenters. The van der Waals surface area contributed by atoms with Crippen LogP contribution in [0.2, 0.25) is 0 Å². The van der Waals surface area contributed by atoms with Crippen molar-refractivity contribution in [2.75, 3.05) is 0 Å². The largest absolute Gasteiger partial charge is 0.419 e. The number of hydrogen-bond donors (Lipinski definition) is 0. The Kier molecular flexibility index (Phi) is 5.52. The van der Waals surface area contributed by atoms with Crippen molar-refractivity contribution in [1.29, 1.82) is 0 Å². The number of carbonyl (C=O) groups is 1. The minimum absolute atomic E-state index is 0.0214. The number of rotatable bonds is 3. The van der Waals surface area contributed by atoms with Crippen molar-refractivity contribution in [2.24, 2.45) is 52.8 Å². The van der Waals surface area contributed by atoms with Crippen molar-refractivity contribution in [3.8, 4) is 0 Å². The zero-order valence-corrected chi connectivity index (χ0v) is 19.6. The highest BCUT2D eigenvalue weighted by atomic mass is 19.4. The summed E-state index contributed by atoms with van der Waals surface area (Å²) in [7, 11) is 0. The third-order valence-electron chi connectivity index (χ3n) is 10.2. The molecule has 1 heterocycles. The summed E-state index contributed by atoms with van der Waals surface area (Å²) in [5.74, 6) is 5.06. The van der Waals surface area contributed by atoms with Crippen LogP contribution in [0.5, 0.6) is 0 Å². The third kappa shape index (κ3) is 3.64. The smallest absolute Gasteiger partial charge is 0.297 e. The first-order chi connectivity index (χ1) is 15.1. The average molecular weight is 451 g/mol. The molecule has 0 spiro atoms. The van der Waals surface area contributed by atoms with Crippen molar-refractivity contribution in [3.63, 3.8) is 0 Å². The Balaban J connectivity index is 1.33. The van der Waals surface area contributed by atoms with Crippen molar-refractivity contribution in [3.05, 3.63) is 18.0 Å². The summed E-state index contributed by atoms with van der Waals surface area (Å²) in [5, 5.41) is 3.84. The minimum Gasteiger partial charge on any atom is -0.297 e. The van der Waals surface area contributed by atoms with Gasteiger partial charge in [-0.1, -0.05) is 27.2 Å². The van der Waals surface area contributed by atoms with Crippen molar-refractivity contribution in [1.82, 2.24) is 9.78 Å². The van der Waals surface area contributed by atoms with E-state index in [2.05, 4.69) is 25.9 Å². The lowest BCUT2D eigenvalue weighted by atomic mass is 9.49. The number of halogens is 3. The second-order valence-corrected chi connectivity index (χ2v) is 12.0. The van der Waals surface area contributed by atoms with E-state index in [-0.39, 0.29) is 29.6 Å². The van der Waals surface area contributed by atoms with Crippen molar-refractivity contribution in [2.45, 2.75) is 84.9 Å². The maximum Gasteiger partial charge on any atom is 0.419 e. The molecule has 178 valence electrons. The number of nitrogens with zero attached hydrogens (tertiary/aromatic N) is 2. The summed E-state index contributed by atoms with van der Waals surface area (Å²) >= 11 is 0. The minimum atomic E-state index is -4.42. The standard InChI is InChI=1S/C26H37F3N2O/c1-15-4-6-19-17(10-15)5-7-21-20(19)8-9-25(3)22(21)11-16(2)24(25)23(32)14-31-13-18(12-30-31)26(27,28)29/h12-13,15-17,19-22,24H,4-11,14H2,1-3H3. The van der Waals surface area contributed by atoms with Gasteiger partial charge in [0.1, 0.15) is 0 Å². The van der Waals surface area contributed by atoms with Crippen molar-refractivity contribution >= 4 is 5.78 Å². The Morgan fingerprint density at radius 1 is 1.09 bits per heavy atom. The molecule has 6 heteroatoms. The van der Waals surface area contributed by atoms with Gasteiger partial charge in [-0.2, -0.15) is 18.3 Å². The Bertz CT molecular complexity index is 863. The second-order valence-electron chi connectivity index (χ2n) is 12.0. The quantitative estimate of drug-likeness (QED) is 0.519. The summed E-state index contributed by atoms with van der Waals surface area (Å²) in [4.78, 5) is 13.4. The Hall–Kier alpha value is -1.33. The fraction of sp³-hybridized carbons (Fsp3) is 0.846. The molecule has 5 rings (SSSR count). The molecular weight excluding hydrogens is 413 g/mol. The van der Waals surface area contributed by atoms with Gasteiger partial charge in [-0.15, -0.1) is 0 Å². The highest BCUT2D eigenvalue weighted by molar-refractivity contribution is 5.82. The molecule has 0 N–H and O–H groups in total. The van der Waals surface area contributed by atoms with E-state index in [4.69, 9.17) is 0 Å². The molecule has 4 fully saturated rings. The molecule has 1 aromatic heterocycles. The Morgan fingerprint density at radius 3 is 2.56 bits per heavy atom. The molecule has 9 unspecified atom stereocenters. The van der Waals surface area contributed by atoms with Crippen LogP contribution in [-0.4, -0.2) is 15.6 Å². The highest BCUT2D eigenvalue weighted by Gasteiger charge is 2.60. The van der Waals surface area contributed by atoms with Crippen LogP contribution in [0.15, 0.2) is 12.4 Å². The number of carbonyl (C=O) groups excluding carboxylic acids is 1.